The Morgan fingerprint density at radius 3 is 2.07 bits per heavy atom. The van der Waals surface area contributed by atoms with Gasteiger partial charge in [0.25, 0.3) is 11.8 Å². The van der Waals surface area contributed by atoms with Crippen molar-refractivity contribution in [3.63, 3.8) is 0 Å². The quantitative estimate of drug-likeness (QED) is 0.733. The highest BCUT2D eigenvalue weighted by molar-refractivity contribution is 6.21. The van der Waals surface area contributed by atoms with Gasteiger partial charge in [-0.15, -0.1) is 0 Å². The van der Waals surface area contributed by atoms with Crippen LogP contribution in [0.1, 0.15) is 59.2 Å². The molecule has 0 spiro atoms. The molecule has 0 N–H and O–H groups in total. The van der Waals surface area contributed by atoms with Crippen LogP contribution in [0, 0.1) is 5.92 Å². The Morgan fingerprint density at radius 1 is 0.857 bits per heavy atom. The van der Waals surface area contributed by atoms with Crippen molar-refractivity contribution in [3.05, 3.63) is 35.4 Å². The summed E-state index contributed by atoms with van der Waals surface area (Å²) >= 11 is 0. The van der Waals surface area contributed by atoms with Gasteiger partial charge in [0, 0.05) is 25.6 Å². The molecule has 3 amide bonds. The van der Waals surface area contributed by atoms with Crippen molar-refractivity contribution in [1.29, 1.82) is 0 Å². The molecular weight excluding hydrogens is 354 g/mol. The van der Waals surface area contributed by atoms with Crippen molar-refractivity contribution >= 4 is 17.7 Å². The first-order valence-corrected chi connectivity index (χ1v) is 10.6. The highest BCUT2D eigenvalue weighted by atomic mass is 16.2. The summed E-state index contributed by atoms with van der Waals surface area (Å²) in [5.41, 5.74) is 1.04. The molecule has 0 aliphatic carbocycles. The van der Waals surface area contributed by atoms with Crippen LogP contribution in [0.3, 0.4) is 0 Å². The summed E-state index contributed by atoms with van der Waals surface area (Å²) in [6.45, 7) is 5.02. The molecule has 2 saturated heterocycles. The number of amides is 3. The number of imide groups is 1. The van der Waals surface area contributed by atoms with E-state index < -0.39 is 0 Å². The second-order valence-corrected chi connectivity index (χ2v) is 8.16. The smallest absolute Gasteiger partial charge is 0.261 e. The normalized spacial score (nSPS) is 21.3. The number of fused-ring (bicyclic) bond motifs is 1. The monoisotopic (exact) mass is 383 g/mol. The number of hydrogen-bond donors (Lipinski definition) is 0. The van der Waals surface area contributed by atoms with Gasteiger partial charge in [0.15, 0.2) is 0 Å². The van der Waals surface area contributed by atoms with Crippen LogP contribution in [0.4, 0.5) is 0 Å². The van der Waals surface area contributed by atoms with Crippen LogP contribution in [-0.2, 0) is 4.79 Å². The molecule has 0 radical (unpaired) electrons. The van der Waals surface area contributed by atoms with Crippen molar-refractivity contribution in [2.24, 2.45) is 5.92 Å². The lowest BCUT2D eigenvalue weighted by molar-refractivity contribution is -0.138. The Bertz CT molecular complexity index is 714. The van der Waals surface area contributed by atoms with E-state index in [0.29, 0.717) is 23.6 Å². The fraction of sp³-hybridized carbons (Fsp3) is 0.591. The van der Waals surface area contributed by atoms with Crippen LogP contribution >= 0.6 is 0 Å². The minimum absolute atomic E-state index is 0.172. The molecule has 3 heterocycles. The van der Waals surface area contributed by atoms with E-state index in [4.69, 9.17) is 0 Å². The highest BCUT2D eigenvalue weighted by Crippen LogP contribution is 2.24. The van der Waals surface area contributed by atoms with Gasteiger partial charge >= 0.3 is 0 Å². The molecule has 1 aromatic carbocycles. The second kappa shape index (κ2) is 8.43. The minimum atomic E-state index is -0.175. The van der Waals surface area contributed by atoms with Gasteiger partial charge < -0.3 is 9.80 Å². The summed E-state index contributed by atoms with van der Waals surface area (Å²) in [5, 5.41) is 0. The first kappa shape index (κ1) is 19.1. The number of carbonyl (C=O) groups is 3. The molecule has 1 aromatic rings. The molecule has 28 heavy (non-hydrogen) atoms. The maximum atomic E-state index is 12.7. The third kappa shape index (κ3) is 3.83. The van der Waals surface area contributed by atoms with Crippen LogP contribution in [-0.4, -0.2) is 71.7 Å². The molecule has 2 fully saturated rings. The maximum Gasteiger partial charge on any atom is 0.261 e. The Morgan fingerprint density at radius 2 is 1.46 bits per heavy atom. The number of piperidine rings is 2. The second-order valence-electron chi connectivity index (χ2n) is 8.16. The fourth-order valence-corrected chi connectivity index (χ4v) is 4.67. The molecule has 0 aromatic heterocycles. The van der Waals surface area contributed by atoms with E-state index in [0.717, 1.165) is 64.8 Å². The molecule has 3 aliphatic heterocycles. The fourth-order valence-electron chi connectivity index (χ4n) is 4.67. The summed E-state index contributed by atoms with van der Waals surface area (Å²) in [6.07, 6.45) is 6.14. The Hall–Kier alpha value is -2.21. The number of carbonyl (C=O) groups excluding carboxylic acids is 3. The first-order chi connectivity index (χ1) is 13.6. The van der Waals surface area contributed by atoms with E-state index in [-0.39, 0.29) is 17.7 Å². The summed E-state index contributed by atoms with van der Waals surface area (Å²) < 4.78 is 0. The summed E-state index contributed by atoms with van der Waals surface area (Å²) in [5.74, 6) is 0.175. The van der Waals surface area contributed by atoms with Crippen molar-refractivity contribution in [2.45, 2.75) is 38.5 Å². The number of rotatable bonds is 5. The van der Waals surface area contributed by atoms with E-state index in [2.05, 4.69) is 9.80 Å². The van der Waals surface area contributed by atoms with Crippen molar-refractivity contribution in [3.8, 4) is 0 Å². The molecule has 6 nitrogen and oxygen atoms in total. The Labute approximate surface area is 166 Å². The van der Waals surface area contributed by atoms with Gasteiger partial charge in [-0.2, -0.15) is 0 Å². The van der Waals surface area contributed by atoms with E-state index in [1.165, 1.54) is 11.3 Å². The molecule has 150 valence electrons. The molecule has 0 saturated carbocycles. The highest BCUT2D eigenvalue weighted by Gasteiger charge is 2.35. The van der Waals surface area contributed by atoms with Gasteiger partial charge in [-0.3, -0.25) is 19.3 Å². The van der Waals surface area contributed by atoms with E-state index >= 15 is 0 Å². The average molecular weight is 383 g/mol. The third-order valence-corrected chi connectivity index (χ3v) is 6.34. The lowest BCUT2D eigenvalue weighted by atomic mass is 9.94. The van der Waals surface area contributed by atoms with Gasteiger partial charge in [-0.25, -0.2) is 0 Å². The van der Waals surface area contributed by atoms with Crippen molar-refractivity contribution in [2.75, 3.05) is 39.3 Å². The van der Waals surface area contributed by atoms with Gasteiger partial charge in [0.1, 0.15) is 0 Å². The van der Waals surface area contributed by atoms with Crippen molar-refractivity contribution < 1.29 is 14.4 Å². The summed E-state index contributed by atoms with van der Waals surface area (Å²) in [4.78, 5) is 43.3. The van der Waals surface area contributed by atoms with Gasteiger partial charge in [0.05, 0.1) is 11.1 Å². The van der Waals surface area contributed by atoms with Gasteiger partial charge in [0.2, 0.25) is 5.91 Å². The number of nitrogens with zero attached hydrogens (tertiary/aromatic N) is 3. The predicted octanol–water partition coefficient (Wildman–Crippen LogP) is 2.40. The summed E-state index contributed by atoms with van der Waals surface area (Å²) in [6, 6.07) is 7.03. The van der Waals surface area contributed by atoms with Crippen LogP contribution < -0.4 is 0 Å². The molecule has 0 unspecified atom stereocenters. The molecule has 0 bridgehead atoms. The minimum Gasteiger partial charge on any atom is -0.342 e. The molecular formula is C22H29N3O3. The number of likely N-dealkylation sites (tertiary alicyclic amines) is 2. The number of hydrogen-bond acceptors (Lipinski definition) is 4. The molecule has 6 heteroatoms. The maximum absolute atomic E-state index is 12.7. The molecule has 0 atom stereocenters. The number of benzene rings is 1. The standard InChI is InChI=1S/C22H29N3O3/c26-20(24-12-4-1-5-13-24)17-9-15-23(16-10-17)11-6-14-25-21(27)18-7-2-3-8-19(18)22(25)28/h2-3,7-8,17H,1,4-6,9-16H2. The lowest BCUT2D eigenvalue weighted by Crippen LogP contribution is -2.44. The Kier molecular flexibility index (Phi) is 5.76. The zero-order chi connectivity index (χ0) is 19.5. The third-order valence-electron chi connectivity index (χ3n) is 6.34. The topological polar surface area (TPSA) is 60.9 Å². The van der Waals surface area contributed by atoms with E-state index in [1.54, 1.807) is 24.3 Å². The van der Waals surface area contributed by atoms with Crippen LogP contribution in [0.25, 0.3) is 0 Å². The zero-order valence-electron chi connectivity index (χ0n) is 16.4. The van der Waals surface area contributed by atoms with E-state index in [1.807, 2.05) is 0 Å². The predicted molar refractivity (Wildman–Crippen MR) is 106 cm³/mol. The largest absolute Gasteiger partial charge is 0.342 e. The molecule has 4 rings (SSSR count). The van der Waals surface area contributed by atoms with Crippen LogP contribution in [0.15, 0.2) is 24.3 Å². The SMILES string of the molecule is O=C(C1CCN(CCCN2C(=O)c3ccccc3C2=O)CC1)N1CCCCC1. The van der Waals surface area contributed by atoms with Gasteiger partial charge in [-0.1, -0.05) is 12.1 Å². The van der Waals surface area contributed by atoms with Crippen molar-refractivity contribution in [1.82, 2.24) is 14.7 Å². The molecule has 3 aliphatic rings. The van der Waals surface area contributed by atoms with E-state index in [9.17, 15) is 14.4 Å². The van der Waals surface area contributed by atoms with Gasteiger partial charge in [-0.05, 0) is 70.3 Å². The zero-order valence-corrected chi connectivity index (χ0v) is 16.4. The van der Waals surface area contributed by atoms with Crippen LogP contribution in [0.5, 0.6) is 0 Å². The lowest BCUT2D eigenvalue weighted by Gasteiger charge is -2.35. The van der Waals surface area contributed by atoms with Crippen LogP contribution in [0.2, 0.25) is 0 Å². The first-order valence-electron chi connectivity index (χ1n) is 10.6. The average Bonchev–Trinajstić information content (AvgIpc) is 2.99. The summed E-state index contributed by atoms with van der Waals surface area (Å²) in [7, 11) is 0. The Balaban J connectivity index is 1.21.